The van der Waals surface area contributed by atoms with E-state index in [1.54, 1.807) is 0 Å². The summed E-state index contributed by atoms with van der Waals surface area (Å²) >= 11 is 5.89. The van der Waals surface area contributed by atoms with E-state index in [1.807, 2.05) is 0 Å². The van der Waals surface area contributed by atoms with Crippen LogP contribution in [0.4, 0.5) is 4.39 Å². The van der Waals surface area contributed by atoms with E-state index in [9.17, 15) is 9.50 Å². The minimum atomic E-state index is -0.678. The van der Waals surface area contributed by atoms with E-state index in [0.717, 1.165) is 6.42 Å². The molecular formula is C12H16ClFO. The lowest BCUT2D eigenvalue weighted by atomic mass is 9.96. The number of halogens is 2. The predicted octanol–water partition coefficient (Wildman–Crippen LogP) is 3.95. The molecule has 0 heterocycles. The molecule has 0 spiro atoms. The Kier molecular flexibility index (Phi) is 4.55. The van der Waals surface area contributed by atoms with Gasteiger partial charge in [-0.15, -0.1) is 0 Å². The fraction of sp³-hybridized carbons (Fsp3) is 0.500. The lowest BCUT2D eigenvalue weighted by Gasteiger charge is -2.16. The molecule has 0 aliphatic carbocycles. The Morgan fingerprint density at radius 3 is 2.73 bits per heavy atom. The van der Waals surface area contributed by atoms with Gasteiger partial charge in [0.1, 0.15) is 5.82 Å². The summed E-state index contributed by atoms with van der Waals surface area (Å²) in [5.41, 5.74) is 0.483. The summed E-state index contributed by atoms with van der Waals surface area (Å²) < 4.78 is 13.0. The highest BCUT2D eigenvalue weighted by atomic mass is 35.5. The Balaban J connectivity index is 2.80. The molecule has 0 aromatic heterocycles. The van der Waals surface area contributed by atoms with Crippen LogP contribution in [0.5, 0.6) is 0 Å². The van der Waals surface area contributed by atoms with Crippen LogP contribution in [0.25, 0.3) is 0 Å². The summed E-state index contributed by atoms with van der Waals surface area (Å²) in [6.45, 7) is 4.11. The Morgan fingerprint density at radius 2 is 2.13 bits per heavy atom. The molecule has 0 fully saturated rings. The van der Waals surface area contributed by atoms with Gasteiger partial charge in [0.15, 0.2) is 0 Å². The smallest absolute Gasteiger partial charge is 0.123 e. The number of hydrogen-bond acceptors (Lipinski definition) is 1. The number of rotatable bonds is 4. The fourth-order valence-electron chi connectivity index (χ4n) is 1.44. The molecule has 0 bridgehead atoms. The lowest BCUT2D eigenvalue weighted by Crippen LogP contribution is -2.04. The van der Waals surface area contributed by atoms with Crippen molar-refractivity contribution in [2.24, 2.45) is 5.92 Å². The summed E-state index contributed by atoms with van der Waals surface area (Å²) in [6, 6.07) is 4.07. The summed E-state index contributed by atoms with van der Waals surface area (Å²) in [5.74, 6) is 0.0388. The highest BCUT2D eigenvalue weighted by Gasteiger charge is 2.15. The lowest BCUT2D eigenvalue weighted by molar-refractivity contribution is 0.146. The standard InChI is InChI=1S/C12H16ClFO/c1-3-8(2)6-12(15)10-7-9(14)4-5-11(10)13/h4-5,7-8,12,15H,3,6H2,1-2H3. The van der Waals surface area contributed by atoms with Crippen molar-refractivity contribution in [2.45, 2.75) is 32.8 Å². The summed E-state index contributed by atoms with van der Waals surface area (Å²) in [4.78, 5) is 0. The van der Waals surface area contributed by atoms with Gasteiger partial charge in [0.05, 0.1) is 6.10 Å². The third-order valence-electron chi connectivity index (χ3n) is 2.64. The highest BCUT2D eigenvalue weighted by molar-refractivity contribution is 6.31. The molecule has 1 aromatic carbocycles. The van der Waals surface area contributed by atoms with Gasteiger partial charge < -0.3 is 5.11 Å². The molecule has 0 aliphatic heterocycles. The minimum absolute atomic E-state index is 0.363. The second-order valence-corrected chi connectivity index (χ2v) is 4.34. The molecule has 1 rings (SSSR count). The predicted molar refractivity (Wildman–Crippen MR) is 60.4 cm³/mol. The van der Waals surface area contributed by atoms with Crippen LogP contribution in [0.1, 0.15) is 38.4 Å². The van der Waals surface area contributed by atoms with Crippen molar-refractivity contribution in [2.75, 3.05) is 0 Å². The first-order valence-electron chi connectivity index (χ1n) is 5.17. The van der Waals surface area contributed by atoms with E-state index in [1.165, 1.54) is 18.2 Å². The van der Waals surface area contributed by atoms with Crippen LogP contribution >= 0.6 is 11.6 Å². The molecule has 2 unspecified atom stereocenters. The fourth-order valence-corrected chi connectivity index (χ4v) is 1.69. The molecular weight excluding hydrogens is 215 g/mol. The van der Waals surface area contributed by atoms with Crippen LogP contribution in [0.3, 0.4) is 0 Å². The maximum absolute atomic E-state index is 13.0. The third-order valence-corrected chi connectivity index (χ3v) is 2.98. The van der Waals surface area contributed by atoms with E-state index in [0.29, 0.717) is 22.9 Å². The van der Waals surface area contributed by atoms with E-state index in [4.69, 9.17) is 11.6 Å². The van der Waals surface area contributed by atoms with Crippen molar-refractivity contribution in [3.05, 3.63) is 34.6 Å². The van der Waals surface area contributed by atoms with E-state index in [-0.39, 0.29) is 5.82 Å². The number of aliphatic hydroxyl groups excluding tert-OH is 1. The van der Waals surface area contributed by atoms with Crippen molar-refractivity contribution in [3.63, 3.8) is 0 Å². The average Bonchev–Trinajstić information content (AvgIpc) is 2.21. The molecule has 0 radical (unpaired) electrons. The zero-order valence-corrected chi connectivity index (χ0v) is 9.76. The SMILES string of the molecule is CCC(C)CC(O)c1cc(F)ccc1Cl. The van der Waals surface area contributed by atoms with Gasteiger partial charge in [-0.25, -0.2) is 4.39 Å². The molecule has 3 heteroatoms. The van der Waals surface area contributed by atoms with Gasteiger partial charge >= 0.3 is 0 Å². The molecule has 15 heavy (non-hydrogen) atoms. The topological polar surface area (TPSA) is 20.2 Å². The van der Waals surface area contributed by atoms with Gasteiger partial charge in [0.25, 0.3) is 0 Å². The Bertz CT molecular complexity index is 327. The quantitative estimate of drug-likeness (QED) is 0.831. The molecule has 1 N–H and O–H groups in total. The first kappa shape index (κ1) is 12.5. The van der Waals surface area contributed by atoms with E-state index < -0.39 is 6.10 Å². The first-order chi connectivity index (χ1) is 7.04. The van der Waals surface area contributed by atoms with Crippen LogP contribution in [-0.2, 0) is 0 Å². The maximum atomic E-state index is 13.0. The molecule has 0 saturated carbocycles. The number of aliphatic hydroxyl groups is 1. The van der Waals surface area contributed by atoms with Gasteiger partial charge in [-0.1, -0.05) is 31.9 Å². The molecule has 1 aromatic rings. The summed E-state index contributed by atoms with van der Waals surface area (Å²) in [7, 11) is 0. The van der Waals surface area contributed by atoms with Gasteiger partial charge in [0, 0.05) is 10.6 Å². The van der Waals surface area contributed by atoms with Gasteiger partial charge in [0.2, 0.25) is 0 Å². The Hall–Kier alpha value is -0.600. The monoisotopic (exact) mass is 230 g/mol. The van der Waals surface area contributed by atoms with Crippen molar-refractivity contribution >= 4 is 11.6 Å². The Morgan fingerprint density at radius 1 is 1.47 bits per heavy atom. The molecule has 0 amide bonds. The zero-order chi connectivity index (χ0) is 11.4. The molecule has 1 nitrogen and oxygen atoms in total. The van der Waals surface area contributed by atoms with Crippen molar-refractivity contribution in [1.29, 1.82) is 0 Å². The molecule has 84 valence electrons. The van der Waals surface area contributed by atoms with Crippen molar-refractivity contribution in [1.82, 2.24) is 0 Å². The average molecular weight is 231 g/mol. The maximum Gasteiger partial charge on any atom is 0.123 e. The Labute approximate surface area is 94.9 Å². The van der Waals surface area contributed by atoms with Gasteiger partial charge in [-0.2, -0.15) is 0 Å². The zero-order valence-electron chi connectivity index (χ0n) is 9.00. The van der Waals surface area contributed by atoms with E-state index in [2.05, 4.69) is 13.8 Å². The second-order valence-electron chi connectivity index (χ2n) is 3.93. The van der Waals surface area contributed by atoms with Crippen molar-refractivity contribution < 1.29 is 9.50 Å². The van der Waals surface area contributed by atoms with Crippen LogP contribution < -0.4 is 0 Å². The van der Waals surface area contributed by atoms with E-state index >= 15 is 0 Å². The van der Waals surface area contributed by atoms with Crippen LogP contribution in [0, 0.1) is 11.7 Å². The number of benzene rings is 1. The number of hydrogen-bond donors (Lipinski definition) is 1. The molecule has 0 saturated heterocycles. The second kappa shape index (κ2) is 5.47. The summed E-state index contributed by atoms with van der Waals surface area (Å²) in [5, 5.41) is 10.3. The van der Waals surface area contributed by atoms with Crippen LogP contribution in [-0.4, -0.2) is 5.11 Å². The first-order valence-corrected chi connectivity index (χ1v) is 5.55. The molecule has 0 aliphatic rings. The minimum Gasteiger partial charge on any atom is -0.388 e. The van der Waals surface area contributed by atoms with Gasteiger partial charge in [-0.3, -0.25) is 0 Å². The van der Waals surface area contributed by atoms with Crippen molar-refractivity contribution in [3.8, 4) is 0 Å². The molecule has 2 atom stereocenters. The largest absolute Gasteiger partial charge is 0.388 e. The summed E-state index contributed by atoms with van der Waals surface area (Å²) in [6.07, 6.45) is 0.923. The third kappa shape index (κ3) is 3.47. The van der Waals surface area contributed by atoms with Gasteiger partial charge in [-0.05, 0) is 30.5 Å². The van der Waals surface area contributed by atoms with Crippen LogP contribution in [0.15, 0.2) is 18.2 Å². The highest BCUT2D eigenvalue weighted by Crippen LogP contribution is 2.28. The van der Waals surface area contributed by atoms with Crippen LogP contribution in [0.2, 0.25) is 5.02 Å². The normalized spacial score (nSPS) is 15.0.